The molecule has 0 bridgehead atoms. The largest absolute Gasteiger partial charge is 0.469 e. The number of rotatable bonds is 101. The summed E-state index contributed by atoms with van der Waals surface area (Å²) >= 11 is 0. The number of unbranched alkanes of at least 4 members (excludes halogenated alkanes) is 55. The van der Waals surface area contributed by atoms with E-state index in [0.29, 0.717) is 91.9 Å². The fourth-order valence-electron chi connectivity index (χ4n) is 16.2. The Morgan fingerprint density at radius 2 is 0.285 bits per heavy atom. The van der Waals surface area contributed by atoms with E-state index in [1.54, 1.807) is 0 Å². The number of carbonyl (C=O) groups excluding carboxylic acids is 6. The van der Waals surface area contributed by atoms with E-state index in [1.807, 2.05) is 0 Å². The third-order valence-corrected chi connectivity index (χ3v) is 25.1. The molecule has 0 saturated heterocycles. The third-order valence-electron chi connectivity index (χ3n) is 25.1. The van der Waals surface area contributed by atoms with E-state index in [-0.39, 0.29) is 74.3 Å². The molecule has 0 amide bonds. The standard InChI is InChI=1S/C104H205N7O12/c1-10-15-20-25-30-35-40-45-50-55-60-65-94-119-100(113)71-77-108(76-70-99(112)118-9)88-82-105(6)85-91-111(92-86-106(7)83-89-109(78-72-101(114)120-95-66-61-56-51-46-41-36-31-26-21-16-11-2)79-73-102(115)121-96-67-62-57-52-47-42-37-32-27-22-17-12-3)93-87-107(8)84-90-110(80-74-103(116)122-97-68-63-58-53-48-43-38-33-28-23-18-13-4)81-75-104(117)123-98-69-64-59-54-49-44-39-34-29-24-19-14-5/h10-98H2,1-9H3. The molecule has 0 aromatic heterocycles. The molecule has 0 aliphatic carbocycles. The maximum absolute atomic E-state index is 13.3. The van der Waals surface area contributed by atoms with Gasteiger partial charge >= 0.3 is 35.8 Å². The minimum Gasteiger partial charge on any atom is -0.469 e. The molecule has 0 fully saturated rings. The Labute approximate surface area is 760 Å². The first-order valence-corrected chi connectivity index (χ1v) is 53.0. The summed E-state index contributed by atoms with van der Waals surface area (Å²) in [6, 6.07) is 0. The van der Waals surface area contributed by atoms with Gasteiger partial charge < -0.3 is 57.8 Å². The number of esters is 6. The van der Waals surface area contributed by atoms with Crippen LogP contribution in [0.25, 0.3) is 0 Å². The van der Waals surface area contributed by atoms with E-state index >= 15 is 0 Å². The summed E-state index contributed by atoms with van der Waals surface area (Å²) in [5.74, 6) is -1.19. The van der Waals surface area contributed by atoms with Gasteiger partial charge in [0.1, 0.15) is 0 Å². The van der Waals surface area contributed by atoms with Gasteiger partial charge in [0.15, 0.2) is 0 Å². The quantitative estimate of drug-likeness (QED) is 0.0318. The highest BCUT2D eigenvalue weighted by Crippen LogP contribution is 2.19. The van der Waals surface area contributed by atoms with Crippen LogP contribution in [-0.4, -0.2) is 249 Å². The highest BCUT2D eigenvalue weighted by atomic mass is 16.5. The molecule has 0 aromatic rings. The van der Waals surface area contributed by atoms with Gasteiger partial charge in [-0.15, -0.1) is 0 Å². The van der Waals surface area contributed by atoms with Crippen molar-refractivity contribution in [2.24, 2.45) is 0 Å². The van der Waals surface area contributed by atoms with Crippen molar-refractivity contribution < 1.29 is 57.2 Å². The van der Waals surface area contributed by atoms with Gasteiger partial charge in [-0.25, -0.2) is 0 Å². The van der Waals surface area contributed by atoms with Crippen LogP contribution >= 0.6 is 0 Å². The van der Waals surface area contributed by atoms with Gasteiger partial charge in [0.2, 0.25) is 0 Å². The van der Waals surface area contributed by atoms with Gasteiger partial charge in [-0.3, -0.25) is 33.7 Å². The smallest absolute Gasteiger partial charge is 0.307 e. The predicted molar refractivity (Wildman–Crippen MR) is 518 cm³/mol. The van der Waals surface area contributed by atoms with Crippen LogP contribution < -0.4 is 0 Å². The maximum atomic E-state index is 13.3. The molecule has 0 unspecified atom stereocenters. The number of hydrogen-bond acceptors (Lipinski definition) is 19. The van der Waals surface area contributed by atoms with Gasteiger partial charge in [-0.1, -0.05) is 388 Å². The highest BCUT2D eigenvalue weighted by Gasteiger charge is 2.20. The first kappa shape index (κ1) is 120. The summed E-state index contributed by atoms with van der Waals surface area (Å²) in [5, 5.41) is 0. The molecule has 728 valence electrons. The van der Waals surface area contributed by atoms with E-state index < -0.39 is 0 Å². The minimum absolute atomic E-state index is 0.182. The lowest BCUT2D eigenvalue weighted by molar-refractivity contribution is -0.146. The Morgan fingerprint density at radius 3 is 0.423 bits per heavy atom. The molecule has 123 heavy (non-hydrogen) atoms. The summed E-state index contributed by atoms with van der Waals surface area (Å²) < 4.78 is 34.0. The molecule has 0 spiro atoms. The normalized spacial score (nSPS) is 11.8. The van der Waals surface area contributed by atoms with Gasteiger partial charge in [0.25, 0.3) is 0 Å². The molecule has 19 nitrogen and oxygen atoms in total. The number of hydrogen-bond donors (Lipinski definition) is 0. The lowest BCUT2D eigenvalue weighted by Crippen LogP contribution is -2.44. The number of ether oxygens (including phenoxy) is 6. The summed E-state index contributed by atoms with van der Waals surface area (Å²) in [7, 11) is 7.90. The zero-order valence-corrected chi connectivity index (χ0v) is 83.0. The average Bonchev–Trinajstić information content (AvgIpc) is 0.824. The minimum atomic E-state index is -0.269. The number of methoxy groups -OCH3 is 1. The van der Waals surface area contributed by atoms with E-state index in [1.165, 1.54) is 328 Å². The average molecular weight is 1750 g/mol. The van der Waals surface area contributed by atoms with Crippen LogP contribution in [0.3, 0.4) is 0 Å². The van der Waals surface area contributed by atoms with E-state index in [9.17, 15) is 28.8 Å². The molecular weight excluding hydrogens is 1540 g/mol. The van der Waals surface area contributed by atoms with Gasteiger partial charge in [0, 0.05) is 118 Å². The molecule has 0 aliphatic heterocycles. The van der Waals surface area contributed by atoms with E-state index in [0.717, 1.165) is 123 Å². The number of likely N-dealkylation sites (N-methyl/N-ethyl adjacent to an activating group) is 3. The Hall–Kier alpha value is -3.46. The third kappa shape index (κ3) is 90.3. The predicted octanol–water partition coefficient (Wildman–Crippen LogP) is 24.7. The highest BCUT2D eigenvalue weighted by molar-refractivity contribution is 5.71. The van der Waals surface area contributed by atoms with Crippen LogP contribution in [0.1, 0.15) is 458 Å². The van der Waals surface area contributed by atoms with Crippen molar-refractivity contribution in [3.63, 3.8) is 0 Å². The molecule has 0 atom stereocenters. The van der Waals surface area contributed by atoms with E-state index in [4.69, 9.17) is 28.4 Å². The van der Waals surface area contributed by atoms with Crippen LogP contribution in [0.2, 0.25) is 0 Å². The number of carbonyl (C=O) groups is 6. The fraction of sp³-hybridized carbons (Fsp3) is 0.942. The van der Waals surface area contributed by atoms with Crippen molar-refractivity contribution in [1.29, 1.82) is 0 Å². The second kappa shape index (κ2) is 96.1. The van der Waals surface area contributed by atoms with Crippen LogP contribution in [0.15, 0.2) is 0 Å². The van der Waals surface area contributed by atoms with Crippen molar-refractivity contribution in [3.05, 3.63) is 0 Å². The molecule has 0 N–H and O–H groups in total. The lowest BCUT2D eigenvalue weighted by atomic mass is 10.1. The van der Waals surface area contributed by atoms with Gasteiger partial charge in [-0.05, 0) is 53.2 Å². The zero-order chi connectivity index (χ0) is 89.7. The summed E-state index contributed by atoms with van der Waals surface area (Å²) in [5.41, 5.74) is 0. The van der Waals surface area contributed by atoms with Gasteiger partial charge in [-0.2, -0.15) is 0 Å². The van der Waals surface area contributed by atoms with Crippen LogP contribution in [0, 0.1) is 0 Å². The second-order valence-corrected chi connectivity index (χ2v) is 36.9. The Balaban J connectivity index is 6.33. The Bertz CT molecular complexity index is 2070. The molecule has 0 heterocycles. The summed E-state index contributed by atoms with van der Waals surface area (Å²) in [6.45, 7) is 25.8. The summed E-state index contributed by atoms with van der Waals surface area (Å²) in [6.07, 6.45) is 76.9. The second-order valence-electron chi connectivity index (χ2n) is 36.9. The molecular formula is C104H205N7O12. The van der Waals surface area contributed by atoms with Crippen molar-refractivity contribution in [1.82, 2.24) is 34.3 Å². The van der Waals surface area contributed by atoms with E-state index in [2.05, 4.69) is 90.1 Å². The van der Waals surface area contributed by atoms with Crippen molar-refractivity contribution in [3.8, 4) is 0 Å². The molecule has 0 rings (SSSR count). The lowest BCUT2D eigenvalue weighted by Gasteiger charge is -2.31. The maximum Gasteiger partial charge on any atom is 0.307 e. The molecule has 19 heteroatoms. The molecule has 0 aromatic carbocycles. The van der Waals surface area contributed by atoms with Crippen molar-refractivity contribution in [2.45, 2.75) is 458 Å². The molecule has 0 saturated carbocycles. The molecule has 0 radical (unpaired) electrons. The van der Waals surface area contributed by atoms with Crippen LogP contribution in [0.5, 0.6) is 0 Å². The topological polar surface area (TPSA) is 180 Å². The summed E-state index contributed by atoms with van der Waals surface area (Å²) in [4.78, 5) is 95.1. The Morgan fingerprint density at radius 1 is 0.163 bits per heavy atom. The SMILES string of the molecule is CCCCCCCCCCCCCCOC(=O)CCN(CCC(=O)OC)CCN(C)CCN(CCN(C)CCN(CCC(=O)OCCCCCCCCCCCCCC)CCC(=O)OCCCCCCCCCCCCCC)CCN(C)CCN(CCC(=O)OCCCCCCCCCCCCCC)CCC(=O)OCCCCCCCCCCCCCC. The Kier molecular flexibility index (Phi) is 93.4. The first-order valence-electron chi connectivity index (χ1n) is 53.0. The fourth-order valence-corrected chi connectivity index (χ4v) is 16.2. The van der Waals surface area contributed by atoms with Crippen molar-refractivity contribution >= 4 is 35.8 Å². The zero-order valence-electron chi connectivity index (χ0n) is 83.0. The van der Waals surface area contributed by atoms with Gasteiger partial charge in [0.05, 0.1) is 78.7 Å². The molecule has 0 aliphatic rings. The first-order chi connectivity index (χ1) is 60.2. The van der Waals surface area contributed by atoms with Crippen LogP contribution in [0.4, 0.5) is 0 Å². The monoisotopic (exact) mass is 1740 g/mol. The number of nitrogens with zero attached hydrogens (tertiary/aromatic N) is 7. The van der Waals surface area contributed by atoms with Crippen LogP contribution in [-0.2, 0) is 57.2 Å². The van der Waals surface area contributed by atoms with Crippen molar-refractivity contribution in [2.75, 3.05) is 179 Å².